The zero-order valence-corrected chi connectivity index (χ0v) is 9.89. The molecule has 0 aromatic rings. The first-order chi connectivity index (χ1) is 6.76. The zero-order valence-electron chi connectivity index (χ0n) is 9.89. The van der Waals surface area contributed by atoms with Crippen molar-refractivity contribution in [3.05, 3.63) is 0 Å². The Morgan fingerprint density at radius 1 is 1.14 bits per heavy atom. The van der Waals surface area contributed by atoms with Crippen molar-refractivity contribution in [3.8, 4) is 0 Å². The maximum absolute atomic E-state index is 5.52. The van der Waals surface area contributed by atoms with Crippen molar-refractivity contribution in [1.82, 2.24) is 4.90 Å². The molecule has 0 amide bonds. The molecule has 0 aromatic heterocycles. The van der Waals surface area contributed by atoms with Crippen LogP contribution in [-0.4, -0.2) is 31.1 Å². The molecule has 1 aliphatic rings. The molecular weight excluding hydrogens is 172 g/mol. The Bertz CT molecular complexity index is 142. The third-order valence-electron chi connectivity index (χ3n) is 4.10. The van der Waals surface area contributed by atoms with Gasteiger partial charge < -0.3 is 10.6 Å². The second kappa shape index (κ2) is 5.72. The first-order valence-corrected chi connectivity index (χ1v) is 6.19. The fraction of sp³-hybridized carbons (Fsp3) is 1.00. The predicted molar refractivity (Wildman–Crippen MR) is 62.4 cm³/mol. The average Bonchev–Trinajstić information content (AvgIpc) is 2.27. The van der Waals surface area contributed by atoms with Gasteiger partial charge >= 0.3 is 0 Å². The van der Waals surface area contributed by atoms with Crippen LogP contribution in [0, 0.1) is 5.41 Å². The number of nitrogens with zero attached hydrogens (tertiary/aromatic N) is 1. The van der Waals surface area contributed by atoms with Crippen LogP contribution in [0.1, 0.15) is 46.0 Å². The van der Waals surface area contributed by atoms with Crippen LogP contribution < -0.4 is 5.73 Å². The Morgan fingerprint density at radius 2 is 1.71 bits per heavy atom. The van der Waals surface area contributed by atoms with Gasteiger partial charge in [0.05, 0.1) is 0 Å². The Labute approximate surface area is 88.8 Å². The molecule has 2 heteroatoms. The van der Waals surface area contributed by atoms with Crippen LogP contribution in [0.15, 0.2) is 0 Å². The fourth-order valence-electron chi connectivity index (χ4n) is 2.52. The molecule has 0 atom stereocenters. The molecular formula is C12H26N2. The first kappa shape index (κ1) is 12.0. The smallest absolute Gasteiger partial charge is 0.000671 e. The second-order valence-corrected chi connectivity index (χ2v) is 4.69. The van der Waals surface area contributed by atoms with Gasteiger partial charge in [0.2, 0.25) is 0 Å². The van der Waals surface area contributed by atoms with Gasteiger partial charge in [-0.25, -0.2) is 0 Å². The van der Waals surface area contributed by atoms with Crippen LogP contribution in [-0.2, 0) is 0 Å². The molecule has 84 valence electrons. The summed E-state index contributed by atoms with van der Waals surface area (Å²) in [4.78, 5) is 2.58. The molecule has 14 heavy (non-hydrogen) atoms. The highest BCUT2D eigenvalue weighted by atomic mass is 15.1. The number of hydrogen-bond acceptors (Lipinski definition) is 2. The second-order valence-electron chi connectivity index (χ2n) is 4.69. The number of hydrogen-bond donors (Lipinski definition) is 1. The molecule has 1 heterocycles. The number of rotatable bonds is 5. The van der Waals surface area contributed by atoms with Crippen LogP contribution in [0.3, 0.4) is 0 Å². The van der Waals surface area contributed by atoms with E-state index in [4.69, 9.17) is 5.73 Å². The van der Waals surface area contributed by atoms with Gasteiger partial charge in [-0.2, -0.15) is 0 Å². The average molecular weight is 198 g/mol. The first-order valence-electron chi connectivity index (χ1n) is 6.19. The van der Waals surface area contributed by atoms with Crippen LogP contribution in [0.5, 0.6) is 0 Å². The Morgan fingerprint density at radius 3 is 2.14 bits per heavy atom. The molecule has 0 radical (unpaired) electrons. The van der Waals surface area contributed by atoms with Gasteiger partial charge in [-0.05, 0) is 50.9 Å². The Kier molecular flexibility index (Phi) is 4.90. The summed E-state index contributed by atoms with van der Waals surface area (Å²) in [5, 5.41) is 0. The molecule has 1 aliphatic heterocycles. The van der Waals surface area contributed by atoms with E-state index in [1.807, 2.05) is 0 Å². The van der Waals surface area contributed by atoms with Gasteiger partial charge in [0.1, 0.15) is 0 Å². The highest BCUT2D eigenvalue weighted by Gasteiger charge is 2.30. The van der Waals surface area contributed by atoms with Crippen molar-refractivity contribution in [3.63, 3.8) is 0 Å². The van der Waals surface area contributed by atoms with Crippen molar-refractivity contribution >= 4 is 0 Å². The summed E-state index contributed by atoms with van der Waals surface area (Å²) < 4.78 is 0. The summed E-state index contributed by atoms with van der Waals surface area (Å²) in [6, 6.07) is 0. The summed E-state index contributed by atoms with van der Waals surface area (Å²) in [5.41, 5.74) is 6.19. The van der Waals surface area contributed by atoms with Crippen molar-refractivity contribution in [2.45, 2.75) is 46.0 Å². The van der Waals surface area contributed by atoms with E-state index >= 15 is 0 Å². The molecule has 1 fully saturated rings. The SMILES string of the molecule is CCC1(CC)CCN(CCCN)CC1. The van der Waals surface area contributed by atoms with E-state index in [-0.39, 0.29) is 0 Å². The van der Waals surface area contributed by atoms with E-state index in [9.17, 15) is 0 Å². The van der Waals surface area contributed by atoms with Crippen LogP contribution in [0.2, 0.25) is 0 Å². The van der Waals surface area contributed by atoms with Crippen LogP contribution >= 0.6 is 0 Å². The Balaban J connectivity index is 2.29. The minimum absolute atomic E-state index is 0.666. The summed E-state index contributed by atoms with van der Waals surface area (Å²) in [6.07, 6.45) is 6.66. The lowest BCUT2D eigenvalue weighted by Gasteiger charge is -2.41. The topological polar surface area (TPSA) is 29.3 Å². The summed E-state index contributed by atoms with van der Waals surface area (Å²) >= 11 is 0. The van der Waals surface area contributed by atoms with Crippen LogP contribution in [0.4, 0.5) is 0 Å². The Hall–Kier alpha value is -0.0800. The van der Waals surface area contributed by atoms with Crippen LogP contribution in [0.25, 0.3) is 0 Å². The summed E-state index contributed by atoms with van der Waals surface area (Å²) in [7, 11) is 0. The summed E-state index contributed by atoms with van der Waals surface area (Å²) in [5.74, 6) is 0. The lowest BCUT2D eigenvalue weighted by Crippen LogP contribution is -2.40. The van der Waals surface area contributed by atoms with Crippen molar-refractivity contribution in [2.75, 3.05) is 26.2 Å². The minimum Gasteiger partial charge on any atom is -0.330 e. The van der Waals surface area contributed by atoms with Gasteiger partial charge in [-0.15, -0.1) is 0 Å². The van der Waals surface area contributed by atoms with E-state index in [0.717, 1.165) is 13.0 Å². The van der Waals surface area contributed by atoms with Crippen molar-refractivity contribution in [1.29, 1.82) is 0 Å². The van der Waals surface area contributed by atoms with E-state index in [1.54, 1.807) is 0 Å². The van der Waals surface area contributed by atoms with Gasteiger partial charge in [0, 0.05) is 0 Å². The minimum atomic E-state index is 0.666. The quantitative estimate of drug-likeness (QED) is 0.734. The van der Waals surface area contributed by atoms with Crippen molar-refractivity contribution < 1.29 is 0 Å². The summed E-state index contributed by atoms with van der Waals surface area (Å²) in [6.45, 7) is 9.32. The molecule has 1 saturated heterocycles. The predicted octanol–water partition coefficient (Wildman–Crippen LogP) is 2.24. The van der Waals surface area contributed by atoms with E-state index < -0.39 is 0 Å². The fourth-order valence-corrected chi connectivity index (χ4v) is 2.52. The lowest BCUT2D eigenvalue weighted by molar-refractivity contribution is 0.0952. The largest absolute Gasteiger partial charge is 0.330 e. The third kappa shape index (κ3) is 2.96. The molecule has 1 rings (SSSR count). The molecule has 0 spiro atoms. The van der Waals surface area contributed by atoms with E-state index in [2.05, 4.69) is 18.7 Å². The van der Waals surface area contributed by atoms with E-state index in [0.29, 0.717) is 5.41 Å². The molecule has 0 bridgehead atoms. The number of piperidine rings is 1. The highest BCUT2D eigenvalue weighted by molar-refractivity contribution is 4.83. The van der Waals surface area contributed by atoms with Gasteiger partial charge in [-0.1, -0.05) is 26.7 Å². The monoisotopic (exact) mass is 198 g/mol. The molecule has 0 aromatic carbocycles. The maximum atomic E-state index is 5.52. The van der Waals surface area contributed by atoms with E-state index in [1.165, 1.54) is 45.3 Å². The molecule has 0 aliphatic carbocycles. The molecule has 0 saturated carbocycles. The number of likely N-dealkylation sites (tertiary alicyclic amines) is 1. The highest BCUT2D eigenvalue weighted by Crippen LogP contribution is 2.37. The molecule has 2 N–H and O–H groups in total. The lowest BCUT2D eigenvalue weighted by atomic mass is 9.74. The number of nitrogens with two attached hydrogens (primary N) is 1. The standard InChI is InChI=1S/C12H26N2/c1-3-12(4-2)6-10-14(11-7-12)9-5-8-13/h3-11,13H2,1-2H3. The zero-order chi connectivity index (χ0) is 10.4. The third-order valence-corrected chi connectivity index (χ3v) is 4.10. The van der Waals surface area contributed by atoms with Gasteiger partial charge in [0.15, 0.2) is 0 Å². The maximum Gasteiger partial charge on any atom is -0.000671 e. The normalized spacial score (nSPS) is 22.5. The van der Waals surface area contributed by atoms with Gasteiger partial charge in [0.25, 0.3) is 0 Å². The van der Waals surface area contributed by atoms with Gasteiger partial charge in [-0.3, -0.25) is 0 Å². The molecule has 0 unspecified atom stereocenters. The van der Waals surface area contributed by atoms with Crippen molar-refractivity contribution in [2.24, 2.45) is 11.1 Å². The molecule has 2 nitrogen and oxygen atoms in total.